The molecule has 1 aromatic carbocycles. The summed E-state index contributed by atoms with van der Waals surface area (Å²) in [5, 5.41) is 18.7. The van der Waals surface area contributed by atoms with Crippen LogP contribution in [0.15, 0.2) is 29.2 Å². The molecule has 1 rings (SSSR count). The van der Waals surface area contributed by atoms with E-state index in [2.05, 4.69) is 4.98 Å². The van der Waals surface area contributed by atoms with Gasteiger partial charge in [-0.25, -0.2) is 4.21 Å². The number of hydrogen-bond acceptors (Lipinski definition) is 4. The van der Waals surface area contributed by atoms with E-state index in [4.69, 9.17) is 5.39 Å². The number of para-hydroxylation sites is 1. The average Bonchev–Trinajstić information content (AvgIpc) is 2.17. The van der Waals surface area contributed by atoms with Crippen LogP contribution in [0.25, 0.3) is 4.98 Å². The van der Waals surface area contributed by atoms with Crippen molar-refractivity contribution < 1.29 is 13.7 Å². The molecule has 0 heterocycles. The number of benzene rings is 1. The van der Waals surface area contributed by atoms with Crippen LogP contribution in [0.4, 0.5) is 5.69 Å². The van der Waals surface area contributed by atoms with E-state index in [1.54, 1.807) is 0 Å². The van der Waals surface area contributed by atoms with Crippen molar-refractivity contribution in [1.29, 1.82) is 5.39 Å². The van der Waals surface area contributed by atoms with Gasteiger partial charge < -0.3 is 4.55 Å². The maximum absolute atomic E-state index is 11.5. The Labute approximate surface area is 85.0 Å². The first-order valence-corrected chi connectivity index (χ1v) is 5.24. The van der Waals surface area contributed by atoms with Gasteiger partial charge in [0.25, 0.3) is 5.69 Å². The highest BCUT2D eigenvalue weighted by atomic mass is 32.2. The molecule has 0 bridgehead atoms. The van der Waals surface area contributed by atoms with Crippen LogP contribution >= 0.6 is 0 Å². The Balaban J connectivity index is 3.54. The van der Waals surface area contributed by atoms with Crippen molar-refractivity contribution in [2.75, 3.05) is 0 Å². The Morgan fingerprint density at radius 2 is 2.13 bits per heavy atom. The Morgan fingerprint density at radius 1 is 1.53 bits per heavy atom. The molecule has 7 nitrogen and oxygen atoms in total. The fourth-order valence-corrected chi connectivity index (χ4v) is 1.93. The zero-order valence-corrected chi connectivity index (χ0v) is 8.13. The van der Waals surface area contributed by atoms with Crippen LogP contribution < -0.4 is 0 Å². The van der Waals surface area contributed by atoms with Crippen LogP contribution in [0, 0.1) is 15.5 Å². The van der Waals surface area contributed by atoms with Gasteiger partial charge >= 0.3 is 5.49 Å². The second kappa shape index (κ2) is 4.04. The number of rotatable bonds is 2. The molecular formula is C7H6N3O4S+. The van der Waals surface area contributed by atoms with Crippen molar-refractivity contribution in [3.63, 3.8) is 0 Å². The minimum Gasteiger partial charge on any atom is -0.304 e. The summed E-state index contributed by atoms with van der Waals surface area (Å²) < 4.78 is 20.8. The molecule has 15 heavy (non-hydrogen) atoms. The lowest BCUT2D eigenvalue weighted by Gasteiger charge is -1.99. The maximum atomic E-state index is 11.5. The highest BCUT2D eigenvalue weighted by molar-refractivity contribution is 7.96. The highest BCUT2D eigenvalue weighted by Crippen LogP contribution is 2.22. The molecule has 78 valence electrons. The van der Waals surface area contributed by atoms with Gasteiger partial charge in [-0.15, -0.1) is 0 Å². The van der Waals surface area contributed by atoms with Crippen molar-refractivity contribution in [2.24, 2.45) is 0 Å². The smallest absolute Gasteiger partial charge is 0.304 e. The number of diazo groups is 1. The molecule has 0 aliphatic heterocycles. The van der Waals surface area contributed by atoms with Gasteiger partial charge in [-0.2, -0.15) is 0 Å². The average molecular weight is 228 g/mol. The molecule has 1 N–H and O–H groups in total. The standard InChI is InChI=1S/C7H5N3O4S/c8-9-5-15(13,14)7-4-2-1-3-6(7)10(11)12/h1-5H/p+1. The van der Waals surface area contributed by atoms with Gasteiger partial charge in [0.05, 0.1) is 4.92 Å². The number of nitro benzene ring substituents is 1. The summed E-state index contributed by atoms with van der Waals surface area (Å²) in [6, 6.07) is 4.97. The summed E-state index contributed by atoms with van der Waals surface area (Å²) in [7, 11) is -3.82. The van der Waals surface area contributed by atoms with E-state index in [0.717, 1.165) is 12.1 Å². The normalized spacial score (nSPS) is 13.6. The van der Waals surface area contributed by atoms with Crippen molar-refractivity contribution in [2.45, 2.75) is 4.90 Å². The van der Waals surface area contributed by atoms with E-state index in [-0.39, 0.29) is 0 Å². The van der Waals surface area contributed by atoms with Gasteiger partial charge in [-0.3, -0.25) is 10.1 Å². The molecule has 0 amide bonds. The van der Waals surface area contributed by atoms with Gasteiger partial charge in [0, 0.05) is 6.07 Å². The molecule has 1 atom stereocenters. The number of nitrogens with zero attached hydrogens (tertiary/aromatic N) is 3. The maximum Gasteiger partial charge on any atom is 0.430 e. The Hall–Kier alpha value is -1.98. The summed E-state index contributed by atoms with van der Waals surface area (Å²) in [6.07, 6.45) is 0. The molecule has 0 saturated heterocycles. The topological polar surface area (TPSA) is 109 Å². The van der Waals surface area contributed by atoms with Crippen molar-refractivity contribution >= 4 is 21.0 Å². The van der Waals surface area contributed by atoms with Crippen molar-refractivity contribution in [3.05, 3.63) is 39.4 Å². The summed E-state index contributed by atoms with van der Waals surface area (Å²) in [6.45, 7) is 0. The first-order valence-electron chi connectivity index (χ1n) is 3.66. The van der Waals surface area contributed by atoms with E-state index >= 15 is 0 Å². The Kier molecular flexibility index (Phi) is 2.99. The van der Waals surface area contributed by atoms with Crippen LogP contribution in [0.1, 0.15) is 0 Å². The quantitative estimate of drug-likeness (QED) is 0.355. The number of hydrogen-bond donors (Lipinski definition) is 1. The molecule has 1 aromatic rings. The molecule has 0 aliphatic rings. The predicted molar refractivity (Wildman–Crippen MR) is 53.3 cm³/mol. The Bertz CT molecular complexity index is 554. The molecular weight excluding hydrogens is 222 g/mol. The lowest BCUT2D eigenvalue weighted by Crippen LogP contribution is -2.05. The van der Waals surface area contributed by atoms with Crippen LogP contribution in [-0.4, -0.2) is 19.2 Å². The van der Waals surface area contributed by atoms with Gasteiger partial charge in [0.2, 0.25) is 15.2 Å². The monoisotopic (exact) mass is 228 g/mol. The summed E-state index contributed by atoms with van der Waals surface area (Å²) in [4.78, 5) is 11.8. The predicted octanol–water partition coefficient (Wildman–Crippen LogP) is 1.32. The van der Waals surface area contributed by atoms with Crippen LogP contribution in [-0.2, 0) is 9.80 Å². The molecule has 0 saturated carbocycles. The highest BCUT2D eigenvalue weighted by Gasteiger charge is 2.23. The first-order chi connectivity index (χ1) is 6.99. The molecule has 0 aliphatic carbocycles. The number of nitro groups is 1. The van der Waals surface area contributed by atoms with Crippen LogP contribution in [0.5, 0.6) is 0 Å². The summed E-state index contributed by atoms with van der Waals surface area (Å²) in [5.74, 6) is 0. The largest absolute Gasteiger partial charge is 0.430 e. The van der Waals surface area contributed by atoms with Crippen LogP contribution in [0.2, 0.25) is 0 Å². The molecule has 8 heteroatoms. The molecule has 0 radical (unpaired) electrons. The second-order valence-electron chi connectivity index (χ2n) is 2.51. The Morgan fingerprint density at radius 3 is 2.67 bits per heavy atom. The molecule has 0 aromatic heterocycles. The van der Waals surface area contributed by atoms with E-state index in [1.807, 2.05) is 0 Å². The van der Waals surface area contributed by atoms with E-state index in [1.165, 1.54) is 12.1 Å². The molecule has 0 fully saturated rings. The SMILES string of the molecule is N#[N+]C=S(=O)(O)c1ccccc1[N+](=O)[O-]. The minimum atomic E-state index is -3.82. The fourth-order valence-electron chi connectivity index (χ4n) is 0.976. The van der Waals surface area contributed by atoms with Crippen LogP contribution in [0.3, 0.4) is 0 Å². The van der Waals surface area contributed by atoms with Crippen molar-refractivity contribution in [3.8, 4) is 0 Å². The van der Waals surface area contributed by atoms with Gasteiger partial charge in [-0.05, 0) is 6.07 Å². The first kappa shape index (κ1) is 11.1. The van der Waals surface area contributed by atoms with E-state index in [0.29, 0.717) is 5.49 Å². The lowest BCUT2D eigenvalue weighted by atomic mass is 10.3. The van der Waals surface area contributed by atoms with Gasteiger partial charge in [0.1, 0.15) is 4.90 Å². The molecule has 1 unspecified atom stereocenters. The minimum absolute atomic E-state index is 0.356. The van der Waals surface area contributed by atoms with Crippen molar-refractivity contribution in [1.82, 2.24) is 0 Å². The second-order valence-corrected chi connectivity index (χ2v) is 4.30. The third kappa shape index (κ3) is 2.28. The van der Waals surface area contributed by atoms with E-state index < -0.39 is 25.3 Å². The zero-order chi connectivity index (χ0) is 11.5. The third-order valence-electron chi connectivity index (χ3n) is 1.57. The van der Waals surface area contributed by atoms with Gasteiger partial charge in [-0.1, -0.05) is 12.1 Å². The molecule has 0 spiro atoms. The fraction of sp³-hybridized carbons (Fsp3) is 0. The summed E-state index contributed by atoms with van der Waals surface area (Å²) in [5.41, 5.74) is -0.139. The lowest BCUT2D eigenvalue weighted by molar-refractivity contribution is -0.387. The third-order valence-corrected chi connectivity index (χ3v) is 2.92. The van der Waals surface area contributed by atoms with E-state index in [9.17, 15) is 18.9 Å². The summed E-state index contributed by atoms with van der Waals surface area (Å²) >= 11 is 0. The van der Waals surface area contributed by atoms with Gasteiger partial charge in [0.15, 0.2) is 4.98 Å². The zero-order valence-electron chi connectivity index (χ0n) is 7.31.